The molecule has 0 aliphatic carbocycles. The predicted molar refractivity (Wildman–Crippen MR) is 104 cm³/mol. The second kappa shape index (κ2) is 10.1. The lowest BCUT2D eigenvalue weighted by Gasteiger charge is -2.17. The van der Waals surface area contributed by atoms with Crippen LogP contribution in [0.4, 0.5) is 17.6 Å². The van der Waals surface area contributed by atoms with E-state index in [1.165, 1.54) is 7.11 Å². The van der Waals surface area contributed by atoms with Gasteiger partial charge in [0.25, 0.3) is 0 Å². The van der Waals surface area contributed by atoms with Crippen LogP contribution >= 0.6 is 34.8 Å². The van der Waals surface area contributed by atoms with Crippen molar-refractivity contribution in [2.45, 2.75) is 30.0 Å². The number of rotatable bonds is 9. The Bertz CT molecular complexity index is 902. The van der Waals surface area contributed by atoms with Crippen molar-refractivity contribution in [1.29, 1.82) is 0 Å². The molecule has 0 amide bonds. The first-order valence-electron chi connectivity index (χ1n) is 8.39. The van der Waals surface area contributed by atoms with Crippen molar-refractivity contribution in [2.24, 2.45) is 0 Å². The molecule has 0 aliphatic heterocycles. The molecule has 1 heterocycles. The number of methoxy groups -OCH3 is 1. The van der Waals surface area contributed by atoms with Crippen molar-refractivity contribution >= 4 is 40.8 Å². The third kappa shape index (κ3) is 6.16. The molecule has 166 valence electrons. The molecule has 0 saturated heterocycles. The molecule has 2 rings (SSSR count). The van der Waals surface area contributed by atoms with Crippen LogP contribution in [0, 0.1) is 5.82 Å². The fraction of sp³-hybridized carbons (Fsp3) is 0.389. The summed E-state index contributed by atoms with van der Waals surface area (Å²) in [5, 5.41) is 9.02. The van der Waals surface area contributed by atoms with Crippen LogP contribution in [0.5, 0.6) is 5.75 Å². The monoisotopic (exact) mass is 491 g/mol. The Kier molecular flexibility index (Phi) is 8.27. The summed E-state index contributed by atoms with van der Waals surface area (Å²) < 4.78 is 64.2. The number of carboxylic acid groups (broad SMARTS) is 1. The summed E-state index contributed by atoms with van der Waals surface area (Å²) in [7, 11) is 1.37. The number of ether oxygens (including phenoxy) is 2. The van der Waals surface area contributed by atoms with Crippen molar-refractivity contribution in [2.75, 3.05) is 13.7 Å². The van der Waals surface area contributed by atoms with Gasteiger partial charge in [-0.3, -0.25) is 0 Å². The molecular formula is C18H16Cl3F4NO4. The Balaban J connectivity index is 2.53. The fourth-order valence-electron chi connectivity index (χ4n) is 2.64. The number of H-pyrrole nitrogens is 1. The van der Waals surface area contributed by atoms with E-state index in [1.54, 1.807) is 0 Å². The Morgan fingerprint density at radius 1 is 1.23 bits per heavy atom. The second-order valence-corrected chi connectivity index (χ2v) is 7.84. The number of nitrogens with one attached hydrogen (secondary N) is 1. The summed E-state index contributed by atoms with van der Waals surface area (Å²) in [6, 6.07) is 2.57. The smallest absolute Gasteiger partial charge is 0.431 e. The number of halogens is 7. The summed E-state index contributed by atoms with van der Waals surface area (Å²) in [5.41, 5.74) is -1.63. The summed E-state index contributed by atoms with van der Waals surface area (Å²) in [4.78, 5) is 12.5. The highest BCUT2D eigenvalue weighted by Crippen LogP contribution is 2.39. The maximum absolute atomic E-state index is 14.6. The first-order chi connectivity index (χ1) is 13.9. The number of benzene rings is 1. The minimum absolute atomic E-state index is 0.0390. The molecule has 0 radical (unpaired) electrons. The van der Waals surface area contributed by atoms with Crippen molar-refractivity contribution in [1.82, 2.24) is 4.98 Å². The van der Waals surface area contributed by atoms with Crippen molar-refractivity contribution in [3.63, 3.8) is 0 Å². The highest BCUT2D eigenvalue weighted by atomic mass is 35.5. The van der Waals surface area contributed by atoms with Gasteiger partial charge in [0.2, 0.25) is 0 Å². The van der Waals surface area contributed by atoms with E-state index in [9.17, 15) is 27.5 Å². The summed E-state index contributed by atoms with van der Waals surface area (Å²) in [6.07, 6.45) is -6.36. The number of aromatic nitrogens is 1. The van der Waals surface area contributed by atoms with Gasteiger partial charge in [-0.05, 0) is 18.2 Å². The summed E-state index contributed by atoms with van der Waals surface area (Å²) in [6.45, 7) is 0.0619. The van der Waals surface area contributed by atoms with Gasteiger partial charge in [-0.2, -0.15) is 13.2 Å². The van der Waals surface area contributed by atoms with Gasteiger partial charge in [0, 0.05) is 36.8 Å². The van der Waals surface area contributed by atoms with E-state index in [0.717, 1.165) is 12.1 Å². The number of carboxylic acids is 1. The SMILES string of the molecule is COCCC(Oc1cc(-c2cc(C(F)(F)F)[nH]c2CC(Cl)Cl)c(F)cc1Cl)C(=O)O. The Labute approximate surface area is 183 Å². The van der Waals surface area contributed by atoms with E-state index in [1.807, 2.05) is 0 Å². The number of hydrogen-bond donors (Lipinski definition) is 2. The minimum atomic E-state index is -4.72. The summed E-state index contributed by atoms with van der Waals surface area (Å²) in [5.74, 6) is -2.47. The highest BCUT2D eigenvalue weighted by Gasteiger charge is 2.34. The van der Waals surface area contributed by atoms with Crippen LogP contribution in [0.15, 0.2) is 18.2 Å². The molecule has 0 fully saturated rings. The zero-order valence-corrected chi connectivity index (χ0v) is 17.6. The standard InChI is InChI=1S/C18H16Cl3F4NO4/c1-29-3-2-13(17(27)28)30-14-4-8(11(22)6-10(14)19)9-5-15(18(23,24)25)26-12(9)7-16(20)21/h4-6,13,16,26H,2-3,7H2,1H3,(H,27,28). The van der Waals surface area contributed by atoms with Crippen molar-refractivity contribution in [3.05, 3.63) is 40.4 Å². The average Bonchev–Trinajstić information content (AvgIpc) is 3.03. The Morgan fingerprint density at radius 3 is 2.43 bits per heavy atom. The van der Waals surface area contributed by atoms with E-state index in [-0.39, 0.29) is 47.0 Å². The number of aromatic amines is 1. The largest absolute Gasteiger partial charge is 0.479 e. The van der Waals surface area contributed by atoms with E-state index in [0.29, 0.717) is 6.07 Å². The van der Waals surface area contributed by atoms with E-state index >= 15 is 0 Å². The Morgan fingerprint density at radius 2 is 1.90 bits per heavy atom. The quantitative estimate of drug-likeness (QED) is 0.348. The molecule has 0 saturated carbocycles. The molecule has 1 aromatic carbocycles. The van der Waals surface area contributed by atoms with Gasteiger partial charge < -0.3 is 19.6 Å². The van der Waals surface area contributed by atoms with Gasteiger partial charge in [0.05, 0.1) is 11.6 Å². The number of carbonyl (C=O) groups is 1. The molecule has 0 spiro atoms. The normalized spacial score (nSPS) is 13.0. The van der Waals surface area contributed by atoms with Crippen molar-refractivity contribution < 1.29 is 36.9 Å². The zero-order valence-electron chi connectivity index (χ0n) is 15.3. The molecule has 2 N–H and O–H groups in total. The maximum Gasteiger partial charge on any atom is 0.431 e. The van der Waals surface area contributed by atoms with Gasteiger partial charge in [-0.15, -0.1) is 23.2 Å². The molecule has 1 atom stereocenters. The first kappa shape index (κ1) is 24.6. The zero-order chi connectivity index (χ0) is 22.6. The minimum Gasteiger partial charge on any atom is -0.479 e. The molecule has 30 heavy (non-hydrogen) atoms. The van der Waals surface area contributed by atoms with E-state index in [4.69, 9.17) is 44.3 Å². The number of aliphatic carboxylic acids is 1. The average molecular weight is 493 g/mol. The van der Waals surface area contributed by atoms with Gasteiger partial charge in [-0.1, -0.05) is 11.6 Å². The molecule has 5 nitrogen and oxygen atoms in total. The molecule has 0 aliphatic rings. The predicted octanol–water partition coefficient (Wildman–Crippen LogP) is 5.71. The van der Waals surface area contributed by atoms with Gasteiger partial charge in [0.1, 0.15) is 22.1 Å². The third-order valence-electron chi connectivity index (χ3n) is 4.00. The van der Waals surface area contributed by atoms with Crippen LogP contribution in [-0.4, -0.2) is 40.7 Å². The molecule has 1 unspecified atom stereocenters. The van der Waals surface area contributed by atoms with E-state index in [2.05, 4.69) is 4.98 Å². The molecule has 2 aromatic rings. The first-order valence-corrected chi connectivity index (χ1v) is 9.64. The number of hydrogen-bond acceptors (Lipinski definition) is 3. The van der Waals surface area contributed by atoms with Crippen LogP contribution in [0.2, 0.25) is 5.02 Å². The van der Waals surface area contributed by atoms with Crippen LogP contribution < -0.4 is 4.74 Å². The van der Waals surface area contributed by atoms with Crippen LogP contribution in [0.3, 0.4) is 0 Å². The molecular weight excluding hydrogens is 477 g/mol. The fourth-order valence-corrected chi connectivity index (χ4v) is 3.15. The third-order valence-corrected chi connectivity index (χ3v) is 4.61. The van der Waals surface area contributed by atoms with Crippen LogP contribution in [-0.2, 0) is 22.1 Å². The highest BCUT2D eigenvalue weighted by molar-refractivity contribution is 6.44. The summed E-state index contributed by atoms with van der Waals surface area (Å²) >= 11 is 17.3. The lowest BCUT2D eigenvalue weighted by molar-refractivity contribution is -0.146. The van der Waals surface area contributed by atoms with Gasteiger partial charge in [-0.25, -0.2) is 9.18 Å². The second-order valence-electron chi connectivity index (χ2n) is 6.16. The van der Waals surface area contributed by atoms with Crippen LogP contribution in [0.1, 0.15) is 17.8 Å². The maximum atomic E-state index is 14.6. The Hall–Kier alpha value is -1.68. The van der Waals surface area contributed by atoms with E-state index < -0.39 is 34.6 Å². The molecule has 0 bridgehead atoms. The lowest BCUT2D eigenvalue weighted by atomic mass is 10.0. The topological polar surface area (TPSA) is 71.5 Å². The number of alkyl halides is 5. The van der Waals surface area contributed by atoms with Crippen LogP contribution in [0.25, 0.3) is 11.1 Å². The lowest BCUT2D eigenvalue weighted by Crippen LogP contribution is -2.28. The van der Waals surface area contributed by atoms with Gasteiger partial charge >= 0.3 is 12.1 Å². The van der Waals surface area contributed by atoms with Gasteiger partial charge in [0.15, 0.2) is 6.10 Å². The van der Waals surface area contributed by atoms with Crippen molar-refractivity contribution in [3.8, 4) is 16.9 Å². The molecule has 1 aromatic heterocycles. The molecule has 12 heteroatoms.